The highest BCUT2D eigenvalue weighted by molar-refractivity contribution is 7.09. The molecule has 2 fully saturated rings. The van der Waals surface area contributed by atoms with Crippen LogP contribution in [0.15, 0.2) is 23.6 Å². The van der Waals surface area contributed by atoms with Crippen LogP contribution in [-0.4, -0.2) is 15.8 Å². The molecule has 5 nitrogen and oxygen atoms in total. The number of nitrogens with one attached hydrogen (secondary N) is 2. The van der Waals surface area contributed by atoms with Crippen molar-refractivity contribution >= 4 is 17.4 Å². The average Bonchev–Trinajstić information content (AvgIpc) is 3.04. The lowest BCUT2D eigenvalue weighted by molar-refractivity contribution is 0.240. The molecular formula is C18H24N4OS. The molecule has 4 rings (SSSR count). The van der Waals surface area contributed by atoms with E-state index in [9.17, 15) is 4.79 Å². The van der Waals surface area contributed by atoms with Gasteiger partial charge in [0.2, 0.25) is 0 Å². The Kier molecular flexibility index (Phi) is 4.56. The molecule has 2 amide bonds. The van der Waals surface area contributed by atoms with Crippen molar-refractivity contribution in [3.8, 4) is 0 Å². The van der Waals surface area contributed by atoms with E-state index in [0.717, 1.165) is 10.6 Å². The van der Waals surface area contributed by atoms with Gasteiger partial charge >= 0.3 is 6.03 Å². The first-order chi connectivity index (χ1) is 11.8. The maximum atomic E-state index is 12.0. The monoisotopic (exact) mass is 344 g/mol. The minimum Gasteiger partial charge on any atom is -0.333 e. The molecule has 128 valence electrons. The second-order valence-corrected chi connectivity index (χ2v) is 7.87. The van der Waals surface area contributed by atoms with Gasteiger partial charge in [0.05, 0.1) is 24.8 Å². The van der Waals surface area contributed by atoms with Crippen LogP contribution in [0.25, 0.3) is 0 Å². The highest BCUT2D eigenvalue weighted by Crippen LogP contribution is 2.43. The average molecular weight is 344 g/mol. The van der Waals surface area contributed by atoms with Crippen molar-refractivity contribution in [3.05, 3.63) is 39.8 Å². The highest BCUT2D eigenvalue weighted by Gasteiger charge is 2.31. The quantitative estimate of drug-likeness (QED) is 0.834. The number of carbonyl (C=O) groups is 1. The molecule has 0 aliphatic heterocycles. The number of urea groups is 1. The summed E-state index contributed by atoms with van der Waals surface area (Å²) in [6, 6.07) is 6.66. The lowest BCUT2D eigenvalue weighted by atomic mass is 10.2. The summed E-state index contributed by atoms with van der Waals surface area (Å²) in [4.78, 5) is 13.1. The van der Waals surface area contributed by atoms with Gasteiger partial charge in [0, 0.05) is 16.5 Å². The SMILES string of the molecule is O=C(NCc1cc(C2CC2)n(C2CCCC2)n1)NCc1cccs1. The molecule has 2 N–H and O–H groups in total. The lowest BCUT2D eigenvalue weighted by Crippen LogP contribution is -2.34. The number of amides is 2. The Bertz CT molecular complexity index is 684. The van der Waals surface area contributed by atoms with Crippen LogP contribution in [0.3, 0.4) is 0 Å². The van der Waals surface area contributed by atoms with Crippen LogP contribution in [0.5, 0.6) is 0 Å². The highest BCUT2D eigenvalue weighted by atomic mass is 32.1. The van der Waals surface area contributed by atoms with E-state index in [1.165, 1.54) is 44.2 Å². The van der Waals surface area contributed by atoms with Crippen molar-refractivity contribution in [1.29, 1.82) is 0 Å². The molecular weight excluding hydrogens is 320 g/mol. The topological polar surface area (TPSA) is 59.0 Å². The second kappa shape index (κ2) is 6.97. The van der Waals surface area contributed by atoms with Gasteiger partial charge in [-0.3, -0.25) is 4.68 Å². The molecule has 0 unspecified atom stereocenters. The first-order valence-electron chi connectivity index (χ1n) is 8.92. The molecule has 2 heterocycles. The van der Waals surface area contributed by atoms with E-state index >= 15 is 0 Å². The zero-order valence-electron chi connectivity index (χ0n) is 13.8. The maximum absolute atomic E-state index is 12.0. The Morgan fingerprint density at radius 1 is 1.21 bits per heavy atom. The van der Waals surface area contributed by atoms with E-state index in [4.69, 9.17) is 5.10 Å². The van der Waals surface area contributed by atoms with Gasteiger partial charge in [-0.2, -0.15) is 5.10 Å². The third-order valence-corrected chi connectivity index (χ3v) is 5.79. The van der Waals surface area contributed by atoms with Crippen molar-refractivity contribution < 1.29 is 4.79 Å². The van der Waals surface area contributed by atoms with E-state index in [1.54, 1.807) is 11.3 Å². The van der Waals surface area contributed by atoms with Crippen molar-refractivity contribution in [3.63, 3.8) is 0 Å². The second-order valence-electron chi connectivity index (χ2n) is 6.83. The van der Waals surface area contributed by atoms with E-state index in [-0.39, 0.29) is 6.03 Å². The molecule has 0 atom stereocenters. The van der Waals surface area contributed by atoms with Gasteiger partial charge < -0.3 is 10.6 Å². The molecule has 0 radical (unpaired) electrons. The van der Waals surface area contributed by atoms with Crippen LogP contribution < -0.4 is 10.6 Å². The standard InChI is InChI=1S/C18H24N4OS/c23-18(20-12-16-6-3-9-24-16)19-11-14-10-17(13-7-8-13)22(21-14)15-4-1-2-5-15/h3,6,9-10,13,15H,1-2,4-5,7-8,11-12H2,(H2,19,20,23). The van der Waals surface area contributed by atoms with Crippen LogP contribution in [0.2, 0.25) is 0 Å². The Morgan fingerprint density at radius 2 is 2.00 bits per heavy atom. The molecule has 2 aliphatic carbocycles. The molecule has 0 bridgehead atoms. The summed E-state index contributed by atoms with van der Waals surface area (Å²) < 4.78 is 2.27. The number of hydrogen-bond donors (Lipinski definition) is 2. The Balaban J connectivity index is 1.34. The van der Waals surface area contributed by atoms with Gasteiger partial charge in [-0.15, -0.1) is 11.3 Å². The molecule has 0 aromatic carbocycles. The smallest absolute Gasteiger partial charge is 0.315 e. The predicted molar refractivity (Wildman–Crippen MR) is 95.1 cm³/mol. The zero-order chi connectivity index (χ0) is 16.4. The van der Waals surface area contributed by atoms with Gasteiger partial charge in [0.25, 0.3) is 0 Å². The van der Waals surface area contributed by atoms with Crippen molar-refractivity contribution in [2.75, 3.05) is 0 Å². The fourth-order valence-corrected chi connectivity index (χ4v) is 4.13. The number of aromatic nitrogens is 2. The van der Waals surface area contributed by atoms with Gasteiger partial charge in [-0.1, -0.05) is 18.9 Å². The van der Waals surface area contributed by atoms with Gasteiger partial charge in [0.1, 0.15) is 0 Å². The van der Waals surface area contributed by atoms with E-state index in [0.29, 0.717) is 25.0 Å². The van der Waals surface area contributed by atoms with Gasteiger partial charge in [-0.25, -0.2) is 4.79 Å². The fraction of sp³-hybridized carbons (Fsp3) is 0.556. The summed E-state index contributed by atoms with van der Waals surface area (Å²) in [7, 11) is 0. The number of carbonyl (C=O) groups excluding carboxylic acids is 1. The summed E-state index contributed by atoms with van der Waals surface area (Å²) in [6.07, 6.45) is 7.69. The molecule has 2 aromatic heterocycles. The van der Waals surface area contributed by atoms with E-state index in [2.05, 4.69) is 21.4 Å². The summed E-state index contributed by atoms with van der Waals surface area (Å²) >= 11 is 1.65. The third kappa shape index (κ3) is 3.64. The van der Waals surface area contributed by atoms with Gasteiger partial charge in [-0.05, 0) is 43.2 Å². The molecule has 24 heavy (non-hydrogen) atoms. The molecule has 0 spiro atoms. The number of thiophene rings is 1. The lowest BCUT2D eigenvalue weighted by Gasteiger charge is -2.13. The van der Waals surface area contributed by atoms with E-state index < -0.39 is 0 Å². The molecule has 6 heteroatoms. The van der Waals surface area contributed by atoms with Crippen LogP contribution in [0.1, 0.15) is 66.7 Å². The fourth-order valence-electron chi connectivity index (χ4n) is 3.49. The Hall–Kier alpha value is -1.82. The molecule has 2 saturated carbocycles. The van der Waals surface area contributed by atoms with Crippen LogP contribution in [0.4, 0.5) is 4.79 Å². The molecule has 2 aliphatic rings. The normalized spacial score (nSPS) is 18.0. The van der Waals surface area contributed by atoms with Gasteiger partial charge in [0.15, 0.2) is 0 Å². The number of nitrogens with zero attached hydrogens (tertiary/aromatic N) is 2. The Morgan fingerprint density at radius 3 is 2.71 bits per heavy atom. The number of rotatable bonds is 6. The minimum absolute atomic E-state index is 0.133. The first-order valence-corrected chi connectivity index (χ1v) is 9.80. The Labute approximate surface area is 146 Å². The predicted octanol–water partition coefficient (Wildman–Crippen LogP) is 3.94. The van der Waals surface area contributed by atoms with Crippen LogP contribution in [-0.2, 0) is 13.1 Å². The maximum Gasteiger partial charge on any atom is 0.315 e. The summed E-state index contributed by atoms with van der Waals surface area (Å²) in [6.45, 7) is 1.07. The van der Waals surface area contributed by atoms with Crippen molar-refractivity contribution in [2.24, 2.45) is 0 Å². The summed E-state index contributed by atoms with van der Waals surface area (Å²) in [5.74, 6) is 0.694. The largest absolute Gasteiger partial charge is 0.333 e. The molecule has 0 saturated heterocycles. The summed E-state index contributed by atoms with van der Waals surface area (Å²) in [5, 5.41) is 12.7. The minimum atomic E-state index is -0.133. The van der Waals surface area contributed by atoms with Crippen molar-refractivity contribution in [2.45, 2.75) is 63.6 Å². The summed E-state index contributed by atoms with van der Waals surface area (Å²) in [5.41, 5.74) is 2.37. The van der Waals surface area contributed by atoms with Crippen molar-refractivity contribution in [1.82, 2.24) is 20.4 Å². The molecule has 2 aromatic rings. The van der Waals surface area contributed by atoms with Crippen LogP contribution in [0, 0.1) is 0 Å². The third-order valence-electron chi connectivity index (χ3n) is 4.91. The zero-order valence-corrected chi connectivity index (χ0v) is 14.6. The number of hydrogen-bond acceptors (Lipinski definition) is 3. The van der Waals surface area contributed by atoms with Crippen LogP contribution >= 0.6 is 11.3 Å². The van der Waals surface area contributed by atoms with E-state index in [1.807, 2.05) is 17.5 Å². The first kappa shape index (κ1) is 15.7.